The quantitative estimate of drug-likeness (QED) is 0.103. The molecule has 0 saturated carbocycles. The molecule has 2 N–H and O–H groups in total. The number of para-hydroxylation sites is 1. The van der Waals surface area contributed by atoms with Gasteiger partial charge in [-0.3, -0.25) is 4.55 Å². The number of methoxy groups -OCH3 is 2. The zero-order valence-electron chi connectivity index (χ0n) is 32.0. The van der Waals surface area contributed by atoms with Crippen LogP contribution in [0.25, 0.3) is 10.8 Å². The van der Waals surface area contributed by atoms with E-state index in [2.05, 4.69) is 36.0 Å². The summed E-state index contributed by atoms with van der Waals surface area (Å²) >= 11 is 0. The molecule has 0 spiro atoms. The standard InChI is InChI=1S/C38H33N7O9S2.2Na/c1-22-16-32(34(53-3)20-30(22)41-40-26-10-13-28(14-11-26)55(47,48)49)43-42-31-21-35(54-4)33(17-23(31)2)44-45-37-36(56(50,51)52)19-24-18-27(12-15-29(24)38(37)46)39-25-8-6-5-7-9-25;;/h5-21,39,46H,1-4H3,(H,47,48,49)(H,50,51,52);;/q;2*+1/p-2. The van der Waals surface area contributed by atoms with Crippen LogP contribution in [0.1, 0.15) is 11.1 Å². The molecule has 0 aliphatic heterocycles. The number of fused-ring (bicyclic) bond motifs is 1. The minimum Gasteiger partial charge on any atom is -0.871 e. The molecule has 0 fully saturated rings. The van der Waals surface area contributed by atoms with Gasteiger partial charge in [-0.05, 0) is 102 Å². The maximum atomic E-state index is 13.6. The van der Waals surface area contributed by atoms with Crippen molar-refractivity contribution in [2.24, 2.45) is 30.7 Å². The average molecular weight is 840 g/mol. The smallest absolute Gasteiger partial charge is 0.871 e. The second-order valence-corrected chi connectivity index (χ2v) is 14.9. The number of nitrogens with zero attached hydrogens (tertiary/aromatic N) is 6. The van der Waals surface area contributed by atoms with Crippen LogP contribution < -0.4 is 79.0 Å². The zero-order chi connectivity index (χ0) is 40.2. The number of rotatable bonds is 12. The summed E-state index contributed by atoms with van der Waals surface area (Å²) < 4.78 is 79.6. The fraction of sp³-hybridized carbons (Fsp3) is 0.105. The van der Waals surface area contributed by atoms with Crippen LogP contribution in [0, 0.1) is 13.8 Å². The van der Waals surface area contributed by atoms with Crippen LogP contribution in [-0.4, -0.2) is 40.2 Å². The van der Waals surface area contributed by atoms with Crippen LogP contribution in [0.4, 0.5) is 45.5 Å². The average Bonchev–Trinajstić information content (AvgIpc) is 3.16. The van der Waals surface area contributed by atoms with Gasteiger partial charge in [-0.15, -0.1) is 15.3 Å². The summed E-state index contributed by atoms with van der Waals surface area (Å²) in [6.45, 7) is 3.49. The fourth-order valence-corrected chi connectivity index (χ4v) is 6.54. The Balaban J connectivity index is 0.00000372. The van der Waals surface area contributed by atoms with Gasteiger partial charge in [-0.25, -0.2) is 8.42 Å². The first-order valence-corrected chi connectivity index (χ1v) is 19.2. The summed E-state index contributed by atoms with van der Waals surface area (Å²) in [4.78, 5) is -1.09. The van der Waals surface area contributed by atoms with Crippen molar-refractivity contribution < 1.29 is 99.6 Å². The molecule has 6 aromatic rings. The van der Waals surface area contributed by atoms with E-state index in [0.717, 1.165) is 17.8 Å². The number of hydrogen-bond donors (Lipinski definition) is 2. The van der Waals surface area contributed by atoms with Crippen LogP contribution in [0.15, 0.2) is 144 Å². The number of hydrogen-bond acceptors (Lipinski definition) is 15. The van der Waals surface area contributed by atoms with Crippen molar-refractivity contribution in [1.29, 1.82) is 0 Å². The normalized spacial score (nSPS) is 11.8. The van der Waals surface area contributed by atoms with Gasteiger partial charge in [0.2, 0.25) is 0 Å². The molecule has 58 heavy (non-hydrogen) atoms. The van der Waals surface area contributed by atoms with Crippen LogP contribution in [0.5, 0.6) is 17.2 Å². The van der Waals surface area contributed by atoms with Gasteiger partial charge in [0.15, 0.2) is 0 Å². The number of ether oxygens (including phenoxy) is 2. The van der Waals surface area contributed by atoms with Gasteiger partial charge in [0.1, 0.15) is 37.9 Å². The molecule has 0 aliphatic rings. The second kappa shape index (κ2) is 19.4. The topological polar surface area (TPSA) is 239 Å². The number of aryl methyl sites for hydroxylation is 2. The SMILES string of the molecule is COc1cc(N=Nc2ccc(S(=O)(=O)[O-])cc2)c(C)cc1N=Nc1cc(OC)c(N=Nc2c(S(=O)(=O)O)cc3cc(Nc4ccccc4)ccc3c2[O-])cc1C.[Na+].[Na+]. The Kier molecular flexibility index (Phi) is 15.4. The molecule has 6 rings (SSSR count). The summed E-state index contributed by atoms with van der Waals surface area (Å²) in [5, 5.41) is 42.4. The summed E-state index contributed by atoms with van der Waals surface area (Å²) in [7, 11) is -6.67. The second-order valence-electron chi connectivity index (χ2n) is 12.1. The molecule has 0 amide bonds. The number of benzene rings is 6. The first-order valence-electron chi connectivity index (χ1n) is 16.4. The van der Waals surface area contributed by atoms with E-state index < -0.39 is 36.6 Å². The maximum absolute atomic E-state index is 13.6. The molecular weight excluding hydrogens is 809 g/mol. The fourth-order valence-electron chi connectivity index (χ4n) is 5.42. The van der Waals surface area contributed by atoms with Gasteiger partial charge < -0.3 is 24.4 Å². The molecular formula is C38H31N7Na2O9S2. The Bertz CT molecular complexity index is 2790. The third kappa shape index (κ3) is 10.9. The van der Waals surface area contributed by atoms with Gasteiger partial charge in [0.05, 0.1) is 41.9 Å². The third-order valence-corrected chi connectivity index (χ3v) is 10.0. The number of nitrogens with one attached hydrogen (secondary N) is 1. The predicted molar refractivity (Wildman–Crippen MR) is 205 cm³/mol. The van der Waals surface area contributed by atoms with Gasteiger partial charge in [0.25, 0.3) is 10.1 Å². The minimum atomic E-state index is -4.90. The van der Waals surface area contributed by atoms with Crippen molar-refractivity contribution in [2.75, 3.05) is 19.5 Å². The van der Waals surface area contributed by atoms with E-state index in [-0.39, 0.29) is 86.2 Å². The molecule has 0 aromatic heterocycles. The summed E-state index contributed by atoms with van der Waals surface area (Å²) in [5.41, 5.74) is 3.65. The molecule has 0 heterocycles. The van der Waals surface area contributed by atoms with Crippen LogP contribution in [0.2, 0.25) is 0 Å². The zero-order valence-corrected chi connectivity index (χ0v) is 37.7. The van der Waals surface area contributed by atoms with Crippen LogP contribution in [0.3, 0.4) is 0 Å². The Labute approximate surface area is 378 Å². The van der Waals surface area contributed by atoms with E-state index in [0.29, 0.717) is 45.3 Å². The van der Waals surface area contributed by atoms with Crippen molar-refractivity contribution in [1.82, 2.24) is 0 Å². The van der Waals surface area contributed by atoms with Crippen molar-refractivity contribution >= 4 is 76.5 Å². The summed E-state index contributed by atoms with van der Waals surface area (Å²) in [6, 6.07) is 26.6. The molecule has 20 heteroatoms. The molecule has 286 valence electrons. The van der Waals surface area contributed by atoms with E-state index in [1.165, 1.54) is 44.6 Å². The molecule has 0 radical (unpaired) electrons. The molecule has 16 nitrogen and oxygen atoms in total. The van der Waals surface area contributed by atoms with E-state index in [1.54, 1.807) is 44.2 Å². The van der Waals surface area contributed by atoms with Crippen molar-refractivity contribution in [3.63, 3.8) is 0 Å². The minimum absolute atomic E-state index is 0. The number of anilines is 2. The number of azo groups is 3. The summed E-state index contributed by atoms with van der Waals surface area (Å²) in [6.07, 6.45) is 0. The van der Waals surface area contributed by atoms with Gasteiger partial charge in [-0.2, -0.15) is 23.8 Å². The molecule has 0 aliphatic carbocycles. The Morgan fingerprint density at radius 1 is 0.621 bits per heavy atom. The monoisotopic (exact) mass is 839 g/mol. The van der Waals surface area contributed by atoms with Gasteiger partial charge in [-0.1, -0.05) is 30.0 Å². The van der Waals surface area contributed by atoms with Crippen molar-refractivity contribution in [3.8, 4) is 17.2 Å². The van der Waals surface area contributed by atoms with E-state index in [4.69, 9.17) is 9.47 Å². The van der Waals surface area contributed by atoms with Crippen LogP contribution in [-0.2, 0) is 20.2 Å². The van der Waals surface area contributed by atoms with E-state index in [9.17, 15) is 31.0 Å². The summed E-state index contributed by atoms with van der Waals surface area (Å²) in [5.74, 6) is -0.264. The third-order valence-electron chi connectivity index (χ3n) is 8.29. The van der Waals surface area contributed by atoms with Crippen LogP contribution >= 0.6 is 0 Å². The Hall–Kier alpha value is -4.60. The Morgan fingerprint density at radius 2 is 1.16 bits per heavy atom. The van der Waals surface area contributed by atoms with E-state index >= 15 is 0 Å². The molecule has 6 aromatic carbocycles. The van der Waals surface area contributed by atoms with Gasteiger partial charge in [0, 0.05) is 23.5 Å². The molecule has 0 atom stereocenters. The first-order chi connectivity index (χ1) is 26.6. The first kappa shape index (κ1) is 46.1. The van der Waals surface area contributed by atoms with E-state index in [1.807, 2.05) is 30.3 Å². The largest absolute Gasteiger partial charge is 1.00 e. The molecule has 0 saturated heterocycles. The van der Waals surface area contributed by atoms with Crippen molar-refractivity contribution in [3.05, 3.63) is 114 Å². The maximum Gasteiger partial charge on any atom is 1.00 e. The molecule has 0 unspecified atom stereocenters. The predicted octanol–water partition coefficient (Wildman–Crippen LogP) is 3.70. The van der Waals surface area contributed by atoms with Gasteiger partial charge >= 0.3 is 59.1 Å². The van der Waals surface area contributed by atoms with Crippen molar-refractivity contribution in [2.45, 2.75) is 23.6 Å². The molecule has 0 bridgehead atoms. The Morgan fingerprint density at radius 3 is 1.69 bits per heavy atom.